The van der Waals surface area contributed by atoms with E-state index in [-0.39, 0.29) is 18.5 Å². The van der Waals surface area contributed by atoms with E-state index < -0.39 is 12.1 Å². The molecule has 6 heteroatoms. The fourth-order valence-corrected chi connectivity index (χ4v) is 10.0. The Morgan fingerprint density at radius 3 is 1.04 bits per heavy atom. The van der Waals surface area contributed by atoms with Crippen LogP contribution in [0.3, 0.4) is 0 Å². The van der Waals surface area contributed by atoms with E-state index in [0.717, 1.165) is 44.9 Å². The minimum absolute atomic E-state index is 0.00752. The van der Waals surface area contributed by atoms with Gasteiger partial charge in [0.15, 0.2) is 0 Å². The zero-order valence-electron chi connectivity index (χ0n) is 48.0. The number of carbonyl (C=O) groups is 2. The molecule has 0 fully saturated rings. The molecule has 2 atom stereocenters. The highest BCUT2D eigenvalue weighted by Crippen LogP contribution is 2.18. The largest absolute Gasteiger partial charge is 0.466 e. The van der Waals surface area contributed by atoms with Crippen LogP contribution in [0.4, 0.5) is 0 Å². The number of hydrogen-bond acceptors (Lipinski definition) is 5. The Kier molecular flexibility index (Phi) is 59.5. The van der Waals surface area contributed by atoms with Gasteiger partial charge in [0.05, 0.1) is 25.4 Å². The van der Waals surface area contributed by atoms with Gasteiger partial charge in [-0.15, -0.1) is 0 Å². The van der Waals surface area contributed by atoms with Gasteiger partial charge in [0.2, 0.25) is 5.91 Å². The van der Waals surface area contributed by atoms with E-state index >= 15 is 0 Å². The second kappa shape index (κ2) is 60.9. The van der Waals surface area contributed by atoms with Gasteiger partial charge in [-0.3, -0.25) is 9.59 Å². The molecule has 6 nitrogen and oxygen atoms in total. The number of amides is 1. The molecule has 0 saturated heterocycles. The summed E-state index contributed by atoms with van der Waals surface area (Å²) in [4.78, 5) is 24.5. The number of hydrogen-bond donors (Lipinski definition) is 3. The lowest BCUT2D eigenvalue weighted by Crippen LogP contribution is -2.45. The molecule has 0 aromatic heterocycles. The third-order valence-corrected chi connectivity index (χ3v) is 15.0. The van der Waals surface area contributed by atoms with Crippen molar-refractivity contribution in [1.82, 2.24) is 5.32 Å². The Morgan fingerprint density at radius 1 is 0.380 bits per heavy atom. The van der Waals surface area contributed by atoms with Crippen molar-refractivity contribution >= 4 is 11.9 Å². The number of rotatable bonds is 60. The van der Waals surface area contributed by atoms with Crippen molar-refractivity contribution in [1.29, 1.82) is 0 Å². The van der Waals surface area contributed by atoms with Crippen molar-refractivity contribution < 1.29 is 24.5 Å². The SMILES string of the molecule is CCCC/C=C\CCCCCCCC(=O)OCCCCCCCCCCCCCCCCCCCCCCCCCCCCCCC(=O)NC(CO)C(O)/C=C/CCCCCCCCCCCCCCC. The van der Waals surface area contributed by atoms with Crippen LogP contribution >= 0.6 is 0 Å². The average molecular weight is 1000 g/mol. The van der Waals surface area contributed by atoms with Crippen molar-refractivity contribution in [2.24, 2.45) is 0 Å². The Bertz CT molecular complexity index is 1110. The van der Waals surface area contributed by atoms with Gasteiger partial charge in [-0.25, -0.2) is 0 Å². The van der Waals surface area contributed by atoms with Crippen LogP contribution in [0.1, 0.15) is 354 Å². The van der Waals surface area contributed by atoms with Gasteiger partial charge in [-0.05, 0) is 51.4 Å². The second-order valence-corrected chi connectivity index (χ2v) is 22.1. The number of unbranched alkanes of at least 4 members (excludes halogenated alkanes) is 47. The number of esters is 1. The maximum Gasteiger partial charge on any atom is 0.305 e. The molecule has 71 heavy (non-hydrogen) atoms. The lowest BCUT2D eigenvalue weighted by atomic mass is 10.0. The van der Waals surface area contributed by atoms with E-state index in [1.165, 1.54) is 283 Å². The first-order valence-corrected chi connectivity index (χ1v) is 32.1. The molecule has 3 N–H and O–H groups in total. The number of ether oxygens (including phenoxy) is 1. The van der Waals surface area contributed by atoms with Crippen molar-refractivity contribution in [2.75, 3.05) is 13.2 Å². The fraction of sp³-hybridized carbons (Fsp3) is 0.908. The second-order valence-electron chi connectivity index (χ2n) is 22.1. The van der Waals surface area contributed by atoms with Crippen LogP contribution in [0.15, 0.2) is 24.3 Å². The monoisotopic (exact) mass is 1000 g/mol. The molecule has 0 aliphatic rings. The normalized spacial score (nSPS) is 12.7. The molecule has 0 rings (SSSR count). The molecule has 0 spiro atoms. The van der Waals surface area contributed by atoms with Gasteiger partial charge in [-0.2, -0.15) is 0 Å². The lowest BCUT2D eigenvalue weighted by Gasteiger charge is -2.20. The first-order valence-electron chi connectivity index (χ1n) is 32.1. The minimum atomic E-state index is -0.841. The molecule has 2 unspecified atom stereocenters. The van der Waals surface area contributed by atoms with Crippen LogP contribution in [0.2, 0.25) is 0 Å². The third kappa shape index (κ3) is 57.5. The molecule has 0 radical (unpaired) electrons. The van der Waals surface area contributed by atoms with Crippen LogP contribution in [0.5, 0.6) is 0 Å². The highest BCUT2D eigenvalue weighted by molar-refractivity contribution is 5.76. The number of aliphatic hydroxyl groups excluding tert-OH is 2. The van der Waals surface area contributed by atoms with E-state index in [1.54, 1.807) is 6.08 Å². The number of allylic oxidation sites excluding steroid dienone is 3. The topological polar surface area (TPSA) is 95.9 Å². The molecule has 0 aromatic carbocycles. The molecular weight excluding hydrogens is 875 g/mol. The standard InChI is InChI=1S/C65H125NO5/c1-3-5-7-9-11-13-15-16-31-34-38-41-45-49-53-57-63(68)62(61-67)66-64(69)58-54-50-46-42-39-35-32-29-27-25-23-21-19-17-18-20-22-24-26-28-30-33-36-40-44-48-52-56-60-71-65(70)59-55-51-47-43-37-14-12-10-8-6-4-2/h10,12,53,57,62-63,67-68H,3-9,11,13-52,54-56,58-61H2,1-2H3,(H,66,69)/b12-10-,57-53+. The van der Waals surface area contributed by atoms with Crippen LogP contribution in [0, 0.1) is 0 Å². The molecule has 1 amide bonds. The molecule has 0 aliphatic carbocycles. The summed E-state index contributed by atoms with van der Waals surface area (Å²) in [5, 5.41) is 23.1. The number of nitrogens with one attached hydrogen (secondary N) is 1. The first kappa shape index (κ1) is 69.3. The molecule has 0 bridgehead atoms. The summed E-state index contributed by atoms with van der Waals surface area (Å²) in [6.07, 6.45) is 75.2. The van der Waals surface area contributed by atoms with Gasteiger partial charge < -0.3 is 20.3 Å². The van der Waals surface area contributed by atoms with Crippen LogP contribution in [-0.4, -0.2) is 47.4 Å². The minimum Gasteiger partial charge on any atom is -0.466 e. The summed E-state index contributed by atoms with van der Waals surface area (Å²) in [6, 6.07) is -0.625. The van der Waals surface area contributed by atoms with Crippen LogP contribution in [-0.2, 0) is 14.3 Å². The van der Waals surface area contributed by atoms with Crippen molar-refractivity contribution in [2.45, 2.75) is 366 Å². The predicted octanol–water partition coefficient (Wildman–Crippen LogP) is 20.2. The summed E-state index contributed by atoms with van der Waals surface area (Å²) in [6.45, 7) is 4.89. The molecule has 420 valence electrons. The van der Waals surface area contributed by atoms with Gasteiger partial charge in [-0.1, -0.05) is 314 Å². The Labute approximate surface area is 443 Å². The predicted molar refractivity (Wildman–Crippen MR) is 310 cm³/mol. The summed E-state index contributed by atoms with van der Waals surface area (Å²) < 4.78 is 5.46. The highest BCUT2D eigenvalue weighted by atomic mass is 16.5. The van der Waals surface area contributed by atoms with E-state index in [2.05, 4.69) is 31.3 Å². The maximum absolute atomic E-state index is 12.5. The zero-order chi connectivity index (χ0) is 51.4. The van der Waals surface area contributed by atoms with Crippen LogP contribution in [0.25, 0.3) is 0 Å². The average Bonchev–Trinajstić information content (AvgIpc) is 3.37. The first-order chi connectivity index (χ1) is 35.0. The molecule has 0 aromatic rings. The van der Waals surface area contributed by atoms with E-state index in [4.69, 9.17) is 4.74 Å². The smallest absolute Gasteiger partial charge is 0.305 e. The molecule has 0 saturated carbocycles. The molecular formula is C65H125NO5. The van der Waals surface area contributed by atoms with E-state index in [0.29, 0.717) is 19.4 Å². The zero-order valence-corrected chi connectivity index (χ0v) is 48.0. The van der Waals surface area contributed by atoms with Crippen molar-refractivity contribution in [3.05, 3.63) is 24.3 Å². The lowest BCUT2D eigenvalue weighted by molar-refractivity contribution is -0.143. The molecule has 0 aliphatic heterocycles. The van der Waals surface area contributed by atoms with Crippen molar-refractivity contribution in [3.63, 3.8) is 0 Å². The van der Waals surface area contributed by atoms with Gasteiger partial charge in [0, 0.05) is 12.8 Å². The molecule has 0 heterocycles. The summed E-state index contributed by atoms with van der Waals surface area (Å²) in [7, 11) is 0. The number of aliphatic hydroxyl groups is 2. The van der Waals surface area contributed by atoms with Gasteiger partial charge in [0.25, 0.3) is 0 Å². The maximum atomic E-state index is 12.5. The van der Waals surface area contributed by atoms with Gasteiger partial charge in [0.1, 0.15) is 0 Å². The van der Waals surface area contributed by atoms with Crippen molar-refractivity contribution in [3.8, 4) is 0 Å². The van der Waals surface area contributed by atoms with E-state index in [9.17, 15) is 19.8 Å². The third-order valence-electron chi connectivity index (χ3n) is 15.0. The Morgan fingerprint density at radius 2 is 0.676 bits per heavy atom. The summed E-state index contributed by atoms with van der Waals surface area (Å²) in [5.41, 5.74) is 0. The summed E-state index contributed by atoms with van der Waals surface area (Å²) in [5.74, 6) is -0.0554. The van der Waals surface area contributed by atoms with E-state index in [1.807, 2.05) is 6.08 Å². The highest BCUT2D eigenvalue weighted by Gasteiger charge is 2.18. The summed E-state index contributed by atoms with van der Waals surface area (Å²) >= 11 is 0. The number of carbonyl (C=O) groups excluding carboxylic acids is 2. The Hall–Kier alpha value is -1.66. The quantitative estimate of drug-likeness (QED) is 0.0320. The van der Waals surface area contributed by atoms with Gasteiger partial charge >= 0.3 is 5.97 Å². The Balaban J connectivity index is 3.36. The fourth-order valence-electron chi connectivity index (χ4n) is 10.0. The van der Waals surface area contributed by atoms with Crippen LogP contribution < -0.4 is 5.32 Å².